The number of nitro groups is 1. The van der Waals surface area contributed by atoms with Gasteiger partial charge in [-0.15, -0.1) is 0 Å². The van der Waals surface area contributed by atoms with Gasteiger partial charge in [0.05, 0.1) is 10.5 Å². The minimum atomic E-state index is -0.904. The maximum Gasteiger partial charge on any atom is 0.407 e. The molecule has 3 rings (SSSR count). The minimum absolute atomic E-state index is 0.0780. The first-order chi connectivity index (χ1) is 10.9. The summed E-state index contributed by atoms with van der Waals surface area (Å²) in [5, 5.41) is 19.6. The van der Waals surface area contributed by atoms with E-state index < -0.39 is 17.0 Å². The Morgan fingerprint density at radius 1 is 1.17 bits per heavy atom. The first-order valence-electron chi connectivity index (χ1n) is 7.37. The SMILES string of the molecule is O=C(O[C@H]1C[C@@H]2CN(C(=O)O)C[C@@H]2C1)c1ccc([N+](=O)[O-])cc1. The number of nitro benzene ring substituents is 1. The van der Waals surface area contributed by atoms with Gasteiger partial charge in [0.1, 0.15) is 6.10 Å². The lowest BCUT2D eigenvalue weighted by atomic mass is 10.0. The molecule has 0 aromatic heterocycles. The molecule has 1 aliphatic heterocycles. The molecular formula is C15H16N2O6. The lowest BCUT2D eigenvalue weighted by molar-refractivity contribution is -0.384. The van der Waals surface area contributed by atoms with E-state index in [2.05, 4.69) is 0 Å². The van der Waals surface area contributed by atoms with Gasteiger partial charge in [-0.05, 0) is 36.8 Å². The molecule has 1 aromatic carbocycles. The van der Waals surface area contributed by atoms with Gasteiger partial charge in [-0.3, -0.25) is 10.1 Å². The zero-order chi connectivity index (χ0) is 16.6. The Bertz CT molecular complexity index is 630. The second-order valence-corrected chi connectivity index (χ2v) is 6.01. The Balaban J connectivity index is 1.56. The number of carbonyl (C=O) groups excluding carboxylic acids is 1. The van der Waals surface area contributed by atoms with Gasteiger partial charge in [-0.1, -0.05) is 0 Å². The number of fused-ring (bicyclic) bond motifs is 1. The Morgan fingerprint density at radius 2 is 1.74 bits per heavy atom. The predicted octanol–water partition coefficient (Wildman–Crippen LogP) is 2.14. The van der Waals surface area contributed by atoms with Crippen molar-refractivity contribution in [1.29, 1.82) is 0 Å². The zero-order valence-corrected chi connectivity index (χ0v) is 12.3. The molecule has 1 aliphatic carbocycles. The molecular weight excluding hydrogens is 304 g/mol. The van der Waals surface area contributed by atoms with Crippen molar-refractivity contribution < 1.29 is 24.4 Å². The number of hydrogen-bond donors (Lipinski definition) is 1. The van der Waals surface area contributed by atoms with Crippen LogP contribution in [-0.4, -0.2) is 46.2 Å². The largest absolute Gasteiger partial charge is 0.465 e. The van der Waals surface area contributed by atoms with Crippen LogP contribution in [0.4, 0.5) is 10.5 Å². The summed E-state index contributed by atoms with van der Waals surface area (Å²) >= 11 is 0. The molecule has 1 heterocycles. The second-order valence-electron chi connectivity index (χ2n) is 6.01. The van der Waals surface area contributed by atoms with Gasteiger partial charge >= 0.3 is 12.1 Å². The number of likely N-dealkylation sites (tertiary alicyclic amines) is 1. The van der Waals surface area contributed by atoms with Crippen molar-refractivity contribution in [1.82, 2.24) is 4.90 Å². The number of carbonyl (C=O) groups is 2. The van der Waals surface area contributed by atoms with Crippen molar-refractivity contribution >= 4 is 17.7 Å². The van der Waals surface area contributed by atoms with Crippen LogP contribution in [0, 0.1) is 22.0 Å². The number of non-ortho nitro benzene ring substituents is 1. The van der Waals surface area contributed by atoms with Crippen LogP contribution in [0.1, 0.15) is 23.2 Å². The van der Waals surface area contributed by atoms with Crippen molar-refractivity contribution in [2.45, 2.75) is 18.9 Å². The minimum Gasteiger partial charge on any atom is -0.465 e. The monoisotopic (exact) mass is 320 g/mol. The van der Waals surface area contributed by atoms with Gasteiger partial charge < -0.3 is 14.7 Å². The number of rotatable bonds is 3. The Morgan fingerprint density at radius 3 is 2.22 bits per heavy atom. The number of esters is 1. The van der Waals surface area contributed by atoms with E-state index in [9.17, 15) is 19.7 Å². The standard InChI is InChI=1S/C15H16N2O6/c18-14(9-1-3-12(4-2-9)17(21)22)23-13-5-10-7-16(15(19)20)8-11(10)6-13/h1-4,10-11,13H,5-8H2,(H,19,20)/t10-,11+,13+. The zero-order valence-electron chi connectivity index (χ0n) is 12.3. The van der Waals surface area contributed by atoms with E-state index >= 15 is 0 Å². The number of amides is 1. The summed E-state index contributed by atoms with van der Waals surface area (Å²) in [5.74, 6) is -0.0264. The molecule has 8 nitrogen and oxygen atoms in total. The Hall–Kier alpha value is -2.64. The molecule has 1 N–H and O–H groups in total. The lowest BCUT2D eigenvalue weighted by Crippen LogP contribution is -2.29. The number of nitrogens with zero attached hydrogens (tertiary/aromatic N) is 2. The molecule has 2 aliphatic rings. The van der Waals surface area contributed by atoms with E-state index in [4.69, 9.17) is 9.84 Å². The molecule has 1 saturated carbocycles. The highest BCUT2D eigenvalue weighted by Gasteiger charge is 2.43. The molecule has 0 spiro atoms. The maximum absolute atomic E-state index is 12.1. The normalized spacial score (nSPS) is 25.9. The third kappa shape index (κ3) is 3.10. The van der Waals surface area contributed by atoms with Crippen LogP contribution in [-0.2, 0) is 4.74 Å². The highest BCUT2D eigenvalue weighted by molar-refractivity contribution is 5.89. The van der Waals surface area contributed by atoms with E-state index in [-0.39, 0.29) is 29.2 Å². The van der Waals surface area contributed by atoms with Crippen LogP contribution in [0.5, 0.6) is 0 Å². The number of hydrogen-bond acceptors (Lipinski definition) is 5. The third-order valence-electron chi connectivity index (χ3n) is 4.57. The van der Waals surface area contributed by atoms with Gasteiger partial charge in [0, 0.05) is 25.2 Å². The molecule has 1 saturated heterocycles. The summed E-state index contributed by atoms with van der Waals surface area (Å²) in [6.45, 7) is 0.983. The van der Waals surface area contributed by atoms with Crippen molar-refractivity contribution in [3.63, 3.8) is 0 Å². The van der Waals surface area contributed by atoms with Gasteiger partial charge in [-0.2, -0.15) is 0 Å². The highest BCUT2D eigenvalue weighted by Crippen LogP contribution is 2.39. The second kappa shape index (κ2) is 5.86. The van der Waals surface area contributed by atoms with Gasteiger partial charge in [0.15, 0.2) is 0 Å². The van der Waals surface area contributed by atoms with Crippen LogP contribution < -0.4 is 0 Å². The Kier molecular flexibility index (Phi) is 3.89. The molecule has 122 valence electrons. The summed E-state index contributed by atoms with van der Waals surface area (Å²) < 4.78 is 5.46. The number of ether oxygens (including phenoxy) is 1. The molecule has 1 amide bonds. The fourth-order valence-electron chi connectivity index (χ4n) is 3.44. The Labute approximate surface area is 131 Å². The summed E-state index contributed by atoms with van der Waals surface area (Å²) in [4.78, 5) is 34.5. The molecule has 0 bridgehead atoms. The van der Waals surface area contributed by atoms with Gasteiger partial charge in [-0.25, -0.2) is 9.59 Å². The van der Waals surface area contributed by atoms with Crippen molar-refractivity contribution in [2.24, 2.45) is 11.8 Å². The van der Waals surface area contributed by atoms with E-state index in [1.54, 1.807) is 0 Å². The fourth-order valence-corrected chi connectivity index (χ4v) is 3.44. The molecule has 0 radical (unpaired) electrons. The predicted molar refractivity (Wildman–Crippen MR) is 78.1 cm³/mol. The average molecular weight is 320 g/mol. The number of carboxylic acid groups (broad SMARTS) is 1. The van der Waals surface area contributed by atoms with E-state index in [1.165, 1.54) is 29.2 Å². The van der Waals surface area contributed by atoms with Crippen molar-refractivity contribution in [3.8, 4) is 0 Å². The molecule has 2 fully saturated rings. The first-order valence-corrected chi connectivity index (χ1v) is 7.37. The lowest BCUT2D eigenvalue weighted by Gasteiger charge is -2.16. The van der Waals surface area contributed by atoms with Crippen molar-refractivity contribution in [3.05, 3.63) is 39.9 Å². The quantitative estimate of drug-likeness (QED) is 0.519. The van der Waals surface area contributed by atoms with Crippen LogP contribution >= 0.6 is 0 Å². The smallest absolute Gasteiger partial charge is 0.407 e. The van der Waals surface area contributed by atoms with E-state index in [0.29, 0.717) is 25.9 Å². The summed E-state index contributed by atoms with van der Waals surface area (Å²) in [6.07, 6.45) is 0.197. The van der Waals surface area contributed by atoms with Gasteiger partial charge in [0.2, 0.25) is 0 Å². The van der Waals surface area contributed by atoms with Crippen LogP contribution in [0.2, 0.25) is 0 Å². The van der Waals surface area contributed by atoms with E-state index in [1.807, 2.05) is 0 Å². The summed E-state index contributed by atoms with van der Waals surface area (Å²) in [7, 11) is 0. The van der Waals surface area contributed by atoms with Crippen LogP contribution in [0.15, 0.2) is 24.3 Å². The van der Waals surface area contributed by atoms with E-state index in [0.717, 1.165) is 0 Å². The first kappa shape index (κ1) is 15.3. The maximum atomic E-state index is 12.1. The third-order valence-corrected chi connectivity index (χ3v) is 4.57. The van der Waals surface area contributed by atoms with Gasteiger partial charge in [0.25, 0.3) is 5.69 Å². The molecule has 0 unspecified atom stereocenters. The molecule has 8 heteroatoms. The summed E-state index contributed by atoms with van der Waals surface area (Å²) in [6, 6.07) is 5.29. The highest BCUT2D eigenvalue weighted by atomic mass is 16.6. The molecule has 23 heavy (non-hydrogen) atoms. The topological polar surface area (TPSA) is 110 Å². The molecule has 3 atom stereocenters. The molecule has 1 aromatic rings. The van der Waals surface area contributed by atoms with Crippen molar-refractivity contribution in [2.75, 3.05) is 13.1 Å². The summed E-state index contributed by atoms with van der Waals surface area (Å²) in [5.41, 5.74) is 0.200. The number of benzene rings is 1. The average Bonchev–Trinajstić information content (AvgIpc) is 3.05. The fraction of sp³-hybridized carbons (Fsp3) is 0.467. The van der Waals surface area contributed by atoms with Crippen LogP contribution in [0.3, 0.4) is 0 Å². The van der Waals surface area contributed by atoms with Crippen LogP contribution in [0.25, 0.3) is 0 Å².